The number of methoxy groups -OCH3 is 2. The molecule has 0 amide bonds. The van der Waals surface area contributed by atoms with Crippen LogP contribution in [0.15, 0.2) is 47.5 Å². The van der Waals surface area contributed by atoms with Crippen molar-refractivity contribution in [3.05, 3.63) is 53.8 Å². The number of guanidine groups is 1. The molecule has 27 heavy (non-hydrogen) atoms. The summed E-state index contributed by atoms with van der Waals surface area (Å²) in [6.45, 7) is 2.94. The maximum absolute atomic E-state index is 13.2. The first-order valence-corrected chi connectivity index (χ1v) is 8.63. The van der Waals surface area contributed by atoms with Crippen LogP contribution in [0.5, 0.6) is 17.2 Å². The lowest BCUT2D eigenvalue weighted by Gasteiger charge is -2.18. The summed E-state index contributed by atoms with van der Waals surface area (Å²) in [5, 5.41) is 6.42. The van der Waals surface area contributed by atoms with Gasteiger partial charge in [0.15, 0.2) is 5.96 Å². The van der Waals surface area contributed by atoms with Crippen molar-refractivity contribution in [1.29, 1.82) is 0 Å². The van der Waals surface area contributed by atoms with E-state index in [0.29, 0.717) is 24.8 Å². The zero-order chi connectivity index (χ0) is 19.6. The Balaban J connectivity index is 1.85. The highest BCUT2D eigenvalue weighted by Gasteiger charge is 2.09. The summed E-state index contributed by atoms with van der Waals surface area (Å²) in [6.07, 6.45) is -0.166. The highest BCUT2D eigenvalue weighted by Crippen LogP contribution is 2.24. The largest absolute Gasteiger partial charge is 0.497 e. The lowest BCUT2D eigenvalue weighted by Crippen LogP contribution is -2.41. The average molecular weight is 375 g/mol. The molecule has 0 bridgehead atoms. The highest BCUT2D eigenvalue weighted by atomic mass is 19.1. The first-order valence-electron chi connectivity index (χ1n) is 8.63. The molecule has 0 aliphatic rings. The molecule has 0 aliphatic carbocycles. The minimum absolute atomic E-state index is 0.166. The topological polar surface area (TPSA) is 64.1 Å². The number of nitrogens with zero attached hydrogens (tertiary/aromatic N) is 1. The van der Waals surface area contributed by atoms with Gasteiger partial charge < -0.3 is 24.8 Å². The van der Waals surface area contributed by atoms with Crippen molar-refractivity contribution in [2.24, 2.45) is 4.99 Å². The molecular weight excluding hydrogens is 349 g/mol. The Hall–Kier alpha value is -2.96. The molecule has 1 unspecified atom stereocenters. The molecule has 0 aromatic heterocycles. The molecule has 0 saturated heterocycles. The SMILES string of the molecule is CN=C(NCc1ccc(OC)cc1OC)NCC(C)Oc1cccc(F)c1. The fourth-order valence-electron chi connectivity index (χ4n) is 2.45. The number of aliphatic imine (C=N–C) groups is 1. The molecular formula is C20H26FN3O3. The monoisotopic (exact) mass is 375 g/mol. The minimum Gasteiger partial charge on any atom is -0.497 e. The van der Waals surface area contributed by atoms with Crippen molar-refractivity contribution in [3.8, 4) is 17.2 Å². The second-order valence-corrected chi connectivity index (χ2v) is 5.87. The van der Waals surface area contributed by atoms with Crippen LogP contribution in [0, 0.1) is 5.82 Å². The smallest absolute Gasteiger partial charge is 0.191 e. The molecule has 0 saturated carbocycles. The van der Waals surface area contributed by atoms with Gasteiger partial charge in [0, 0.05) is 31.3 Å². The van der Waals surface area contributed by atoms with Crippen LogP contribution < -0.4 is 24.8 Å². The Morgan fingerprint density at radius 2 is 1.89 bits per heavy atom. The van der Waals surface area contributed by atoms with Crippen LogP contribution in [0.1, 0.15) is 12.5 Å². The second-order valence-electron chi connectivity index (χ2n) is 5.87. The number of halogens is 1. The highest BCUT2D eigenvalue weighted by molar-refractivity contribution is 5.79. The molecule has 0 aliphatic heterocycles. The van der Waals surface area contributed by atoms with Crippen molar-refractivity contribution in [3.63, 3.8) is 0 Å². The van der Waals surface area contributed by atoms with Crippen LogP contribution in [-0.4, -0.2) is 39.9 Å². The third-order valence-corrected chi connectivity index (χ3v) is 3.85. The van der Waals surface area contributed by atoms with Crippen LogP contribution in [0.25, 0.3) is 0 Å². The van der Waals surface area contributed by atoms with Gasteiger partial charge in [0.2, 0.25) is 0 Å². The van der Waals surface area contributed by atoms with Crippen molar-refractivity contribution < 1.29 is 18.6 Å². The van der Waals surface area contributed by atoms with E-state index in [1.54, 1.807) is 33.4 Å². The van der Waals surface area contributed by atoms with E-state index in [1.807, 2.05) is 25.1 Å². The first kappa shape index (κ1) is 20.4. The van der Waals surface area contributed by atoms with Crippen molar-refractivity contribution in [2.75, 3.05) is 27.8 Å². The third-order valence-electron chi connectivity index (χ3n) is 3.85. The summed E-state index contributed by atoms with van der Waals surface area (Å²) >= 11 is 0. The van der Waals surface area contributed by atoms with Gasteiger partial charge in [0.1, 0.15) is 29.2 Å². The molecule has 0 radical (unpaired) electrons. The minimum atomic E-state index is -0.321. The van der Waals surface area contributed by atoms with Crippen LogP contribution in [0.2, 0.25) is 0 Å². The Bertz CT molecular complexity index is 768. The van der Waals surface area contributed by atoms with Gasteiger partial charge in [-0.05, 0) is 31.2 Å². The zero-order valence-corrected chi connectivity index (χ0v) is 16.1. The van der Waals surface area contributed by atoms with E-state index in [2.05, 4.69) is 15.6 Å². The van der Waals surface area contributed by atoms with Gasteiger partial charge in [-0.1, -0.05) is 6.07 Å². The molecule has 0 fully saturated rings. The standard InChI is InChI=1S/C20H26FN3O3/c1-14(27-18-7-5-6-16(21)10-18)12-23-20(22-2)24-13-15-8-9-17(25-3)11-19(15)26-4/h5-11,14H,12-13H2,1-4H3,(H2,22,23,24). The molecule has 2 aromatic carbocycles. The van der Waals surface area contributed by atoms with E-state index >= 15 is 0 Å². The van der Waals surface area contributed by atoms with Crippen molar-refractivity contribution >= 4 is 5.96 Å². The van der Waals surface area contributed by atoms with Gasteiger partial charge >= 0.3 is 0 Å². The van der Waals surface area contributed by atoms with E-state index < -0.39 is 0 Å². The summed E-state index contributed by atoms with van der Waals surface area (Å²) in [5.41, 5.74) is 0.977. The Morgan fingerprint density at radius 3 is 2.56 bits per heavy atom. The number of rotatable bonds is 8. The Kier molecular flexibility index (Phi) is 7.73. The average Bonchev–Trinajstić information content (AvgIpc) is 2.68. The molecule has 6 nitrogen and oxygen atoms in total. The van der Waals surface area contributed by atoms with E-state index in [9.17, 15) is 4.39 Å². The van der Waals surface area contributed by atoms with Crippen LogP contribution in [0.4, 0.5) is 4.39 Å². The molecule has 2 N–H and O–H groups in total. The van der Waals surface area contributed by atoms with Crippen molar-refractivity contribution in [2.45, 2.75) is 19.6 Å². The summed E-state index contributed by atoms with van der Waals surface area (Å²) in [6, 6.07) is 11.7. The molecule has 2 aromatic rings. The molecule has 0 heterocycles. The first-order chi connectivity index (χ1) is 13.0. The number of hydrogen-bond donors (Lipinski definition) is 2. The number of nitrogens with one attached hydrogen (secondary N) is 2. The quantitative estimate of drug-likeness (QED) is 0.549. The van der Waals surface area contributed by atoms with Crippen LogP contribution >= 0.6 is 0 Å². The van der Waals surface area contributed by atoms with E-state index in [1.165, 1.54) is 12.1 Å². The summed E-state index contributed by atoms with van der Waals surface area (Å²) in [5.74, 6) is 2.28. The predicted octanol–water partition coefficient (Wildman–Crippen LogP) is 2.98. The normalized spacial score (nSPS) is 12.3. The predicted molar refractivity (Wildman–Crippen MR) is 104 cm³/mol. The van der Waals surface area contributed by atoms with Gasteiger partial charge in [-0.25, -0.2) is 4.39 Å². The fraction of sp³-hybridized carbons (Fsp3) is 0.350. The lowest BCUT2D eigenvalue weighted by molar-refractivity contribution is 0.223. The van der Waals surface area contributed by atoms with Gasteiger partial charge in [-0.2, -0.15) is 0 Å². The summed E-state index contributed by atoms with van der Waals surface area (Å²) in [7, 11) is 4.93. The van der Waals surface area contributed by atoms with Gasteiger partial charge in [-0.3, -0.25) is 4.99 Å². The zero-order valence-electron chi connectivity index (χ0n) is 16.1. The molecule has 0 spiro atoms. The molecule has 1 atom stereocenters. The summed E-state index contributed by atoms with van der Waals surface area (Å²) < 4.78 is 29.5. The Morgan fingerprint density at radius 1 is 1.07 bits per heavy atom. The maximum atomic E-state index is 13.2. The second kappa shape index (κ2) is 10.3. The van der Waals surface area contributed by atoms with Crippen molar-refractivity contribution in [1.82, 2.24) is 10.6 Å². The number of hydrogen-bond acceptors (Lipinski definition) is 4. The molecule has 2 rings (SSSR count). The van der Waals surface area contributed by atoms with Gasteiger partial charge in [-0.15, -0.1) is 0 Å². The van der Waals surface area contributed by atoms with Crippen LogP contribution in [0.3, 0.4) is 0 Å². The van der Waals surface area contributed by atoms with E-state index in [4.69, 9.17) is 14.2 Å². The third kappa shape index (κ3) is 6.36. The number of benzene rings is 2. The van der Waals surface area contributed by atoms with Crippen LogP contribution in [-0.2, 0) is 6.54 Å². The van der Waals surface area contributed by atoms with E-state index in [-0.39, 0.29) is 11.9 Å². The summed E-state index contributed by atoms with van der Waals surface area (Å²) in [4.78, 5) is 4.20. The van der Waals surface area contributed by atoms with E-state index in [0.717, 1.165) is 17.1 Å². The fourth-order valence-corrected chi connectivity index (χ4v) is 2.45. The lowest BCUT2D eigenvalue weighted by atomic mass is 10.2. The van der Waals surface area contributed by atoms with Gasteiger partial charge in [0.25, 0.3) is 0 Å². The van der Waals surface area contributed by atoms with Gasteiger partial charge in [0.05, 0.1) is 20.8 Å². The number of ether oxygens (including phenoxy) is 3. The molecule has 7 heteroatoms. The maximum Gasteiger partial charge on any atom is 0.191 e. The molecule has 146 valence electrons. The Labute approximate surface area is 159 Å².